The Morgan fingerprint density at radius 2 is 0.514 bits per heavy atom. The molecule has 0 aliphatic carbocycles. The summed E-state index contributed by atoms with van der Waals surface area (Å²) in [6, 6.07) is 0. The van der Waals surface area contributed by atoms with Crippen molar-refractivity contribution in [1.29, 1.82) is 0 Å². The minimum absolute atomic E-state index is 0.0662. The Morgan fingerprint density at radius 3 is 0.814 bits per heavy atom. The van der Waals surface area contributed by atoms with Crippen molar-refractivity contribution in [2.75, 3.05) is 13.2 Å². The molecule has 0 aliphatic heterocycles. The molecule has 0 spiro atoms. The third kappa shape index (κ3) is 56.8. The Kier molecular flexibility index (Phi) is 57.7. The molecule has 0 fully saturated rings. The van der Waals surface area contributed by atoms with Gasteiger partial charge in [0, 0.05) is 19.3 Å². The second-order valence-electron chi connectivity index (χ2n) is 21.3. The van der Waals surface area contributed by atoms with Crippen LogP contribution >= 0.6 is 0 Å². The van der Waals surface area contributed by atoms with E-state index in [2.05, 4.69) is 45.1 Å². The number of allylic oxidation sites excluding steroid dienone is 4. The first-order valence-electron chi connectivity index (χ1n) is 31.3. The summed E-state index contributed by atoms with van der Waals surface area (Å²) in [6.07, 6.45) is 70.3. The molecule has 0 aromatic rings. The molecule has 0 N–H and O–H groups in total. The quantitative estimate of drug-likeness (QED) is 0.0261. The predicted molar refractivity (Wildman–Crippen MR) is 303 cm³/mol. The van der Waals surface area contributed by atoms with E-state index in [0.717, 1.165) is 64.2 Å². The molecule has 0 heterocycles. The van der Waals surface area contributed by atoms with E-state index in [4.69, 9.17) is 14.2 Å². The lowest BCUT2D eigenvalue weighted by molar-refractivity contribution is -0.167. The zero-order valence-corrected chi connectivity index (χ0v) is 47.3. The van der Waals surface area contributed by atoms with Crippen molar-refractivity contribution in [3.63, 3.8) is 0 Å². The van der Waals surface area contributed by atoms with E-state index in [-0.39, 0.29) is 31.1 Å². The van der Waals surface area contributed by atoms with Crippen molar-refractivity contribution in [3.8, 4) is 0 Å². The summed E-state index contributed by atoms with van der Waals surface area (Å²) in [5, 5.41) is 0. The van der Waals surface area contributed by atoms with Crippen LogP contribution in [0, 0.1) is 0 Å². The lowest BCUT2D eigenvalue weighted by Crippen LogP contribution is -2.30. The summed E-state index contributed by atoms with van der Waals surface area (Å²) in [6.45, 7) is 6.68. The van der Waals surface area contributed by atoms with E-state index in [1.807, 2.05) is 0 Å². The van der Waals surface area contributed by atoms with Crippen LogP contribution in [0.25, 0.3) is 0 Å². The maximum Gasteiger partial charge on any atom is 0.306 e. The number of carbonyl (C=O) groups excluding carboxylic acids is 3. The molecule has 0 saturated heterocycles. The Bertz CT molecular complexity index is 1130. The molecular formula is C64H120O6. The van der Waals surface area contributed by atoms with E-state index >= 15 is 0 Å². The van der Waals surface area contributed by atoms with Crippen LogP contribution in [0.5, 0.6) is 0 Å². The van der Waals surface area contributed by atoms with E-state index in [1.54, 1.807) is 0 Å². The Morgan fingerprint density at radius 1 is 0.286 bits per heavy atom. The van der Waals surface area contributed by atoms with Crippen molar-refractivity contribution >= 4 is 17.9 Å². The molecule has 0 saturated carbocycles. The van der Waals surface area contributed by atoms with Crippen LogP contribution < -0.4 is 0 Å². The smallest absolute Gasteiger partial charge is 0.306 e. The molecule has 70 heavy (non-hydrogen) atoms. The number of rotatable bonds is 58. The van der Waals surface area contributed by atoms with Crippen LogP contribution in [0.3, 0.4) is 0 Å². The average molecular weight is 986 g/mol. The van der Waals surface area contributed by atoms with E-state index in [9.17, 15) is 14.4 Å². The third-order valence-electron chi connectivity index (χ3n) is 14.2. The number of carbonyl (C=O) groups is 3. The van der Waals surface area contributed by atoms with E-state index < -0.39 is 6.10 Å². The van der Waals surface area contributed by atoms with Gasteiger partial charge in [-0.05, 0) is 51.4 Å². The van der Waals surface area contributed by atoms with Gasteiger partial charge in [-0.15, -0.1) is 0 Å². The molecule has 1 atom stereocenters. The fourth-order valence-corrected chi connectivity index (χ4v) is 9.48. The number of hydrogen-bond donors (Lipinski definition) is 0. The first-order chi connectivity index (χ1) is 34.5. The fourth-order valence-electron chi connectivity index (χ4n) is 9.48. The van der Waals surface area contributed by atoms with E-state index in [1.165, 1.54) is 244 Å². The summed E-state index contributed by atoms with van der Waals surface area (Å²) in [5.74, 6) is -0.843. The van der Waals surface area contributed by atoms with Crippen LogP contribution in [0.4, 0.5) is 0 Å². The Balaban J connectivity index is 4.32. The molecule has 0 amide bonds. The van der Waals surface area contributed by atoms with Crippen molar-refractivity contribution in [3.05, 3.63) is 24.3 Å². The lowest BCUT2D eigenvalue weighted by atomic mass is 10.0. The van der Waals surface area contributed by atoms with Crippen LogP contribution in [0.15, 0.2) is 24.3 Å². The number of unbranched alkanes of at least 4 members (excludes halogenated alkanes) is 43. The van der Waals surface area contributed by atoms with Crippen molar-refractivity contribution in [2.24, 2.45) is 0 Å². The van der Waals surface area contributed by atoms with Gasteiger partial charge >= 0.3 is 17.9 Å². The van der Waals surface area contributed by atoms with Gasteiger partial charge in [-0.3, -0.25) is 14.4 Å². The second kappa shape index (κ2) is 59.5. The highest BCUT2D eigenvalue weighted by Gasteiger charge is 2.19. The van der Waals surface area contributed by atoms with Crippen LogP contribution in [-0.4, -0.2) is 37.2 Å². The summed E-state index contributed by atoms with van der Waals surface area (Å²) in [7, 11) is 0. The fraction of sp³-hybridized carbons (Fsp3) is 0.891. The maximum absolute atomic E-state index is 12.9. The zero-order chi connectivity index (χ0) is 50.7. The largest absolute Gasteiger partial charge is 0.462 e. The molecule has 0 bridgehead atoms. The van der Waals surface area contributed by atoms with Crippen molar-refractivity contribution < 1.29 is 28.6 Å². The van der Waals surface area contributed by atoms with E-state index in [0.29, 0.717) is 19.3 Å². The molecule has 0 rings (SSSR count). The minimum Gasteiger partial charge on any atom is -0.462 e. The highest BCUT2D eigenvalue weighted by Crippen LogP contribution is 2.18. The van der Waals surface area contributed by atoms with Gasteiger partial charge in [-0.25, -0.2) is 0 Å². The highest BCUT2D eigenvalue weighted by molar-refractivity contribution is 5.71. The first kappa shape index (κ1) is 67.9. The van der Waals surface area contributed by atoms with Gasteiger partial charge in [0.25, 0.3) is 0 Å². The number of ether oxygens (including phenoxy) is 3. The average Bonchev–Trinajstić information content (AvgIpc) is 3.36. The maximum atomic E-state index is 12.9. The standard InChI is InChI=1S/C64H120O6/c1-4-7-10-13-16-19-22-25-28-31-32-34-36-39-42-45-48-51-54-57-63(66)69-60-61(59-68-62(65)56-53-50-47-44-41-38-35-30-27-24-21-18-15-12-9-6-3)70-64(67)58-55-52-49-46-43-40-37-33-29-26-23-20-17-14-11-8-5-2/h16,19,25,28,61H,4-15,17-18,20-24,26-27,29-60H2,1-3H3/b19-16+,28-25+/t61-/m1/s1. The van der Waals surface area contributed by atoms with Crippen LogP contribution in [0.1, 0.15) is 348 Å². The number of hydrogen-bond acceptors (Lipinski definition) is 6. The number of esters is 3. The monoisotopic (exact) mass is 985 g/mol. The molecular weight excluding hydrogens is 865 g/mol. The van der Waals surface area contributed by atoms with Gasteiger partial charge in [0.15, 0.2) is 6.10 Å². The first-order valence-corrected chi connectivity index (χ1v) is 31.3. The molecule has 0 aromatic heterocycles. The summed E-state index contributed by atoms with van der Waals surface area (Å²) in [5.41, 5.74) is 0. The van der Waals surface area contributed by atoms with Crippen LogP contribution in [0.2, 0.25) is 0 Å². The molecule has 0 unspecified atom stereocenters. The van der Waals surface area contributed by atoms with Gasteiger partial charge in [-0.1, -0.05) is 302 Å². The van der Waals surface area contributed by atoms with Crippen molar-refractivity contribution in [2.45, 2.75) is 354 Å². The highest BCUT2D eigenvalue weighted by atomic mass is 16.6. The van der Waals surface area contributed by atoms with Gasteiger partial charge < -0.3 is 14.2 Å². The van der Waals surface area contributed by atoms with Crippen LogP contribution in [-0.2, 0) is 28.6 Å². The Hall–Kier alpha value is -2.11. The molecule has 0 aliphatic rings. The van der Waals surface area contributed by atoms with Gasteiger partial charge in [0.2, 0.25) is 0 Å². The summed E-state index contributed by atoms with van der Waals surface area (Å²) < 4.78 is 16.9. The van der Waals surface area contributed by atoms with Gasteiger partial charge in [-0.2, -0.15) is 0 Å². The molecule has 412 valence electrons. The Labute approximate surface area is 436 Å². The normalized spacial score (nSPS) is 12.1. The minimum atomic E-state index is -0.768. The topological polar surface area (TPSA) is 78.9 Å². The molecule has 0 aromatic carbocycles. The van der Waals surface area contributed by atoms with Gasteiger partial charge in [0.05, 0.1) is 0 Å². The molecule has 6 nitrogen and oxygen atoms in total. The van der Waals surface area contributed by atoms with Crippen molar-refractivity contribution in [1.82, 2.24) is 0 Å². The summed E-state index contributed by atoms with van der Waals surface area (Å²) in [4.78, 5) is 38.3. The predicted octanol–water partition coefficient (Wildman–Crippen LogP) is 21.1. The molecule has 0 radical (unpaired) electrons. The third-order valence-corrected chi connectivity index (χ3v) is 14.2. The summed E-state index contributed by atoms with van der Waals surface area (Å²) >= 11 is 0. The van der Waals surface area contributed by atoms with Gasteiger partial charge in [0.1, 0.15) is 13.2 Å². The SMILES string of the molecule is CCCCC/C=C/C/C=C/CCCCCCCCCCCC(=O)OC[C@@H](COC(=O)CCCCCCCCCCCCCCCCCC)OC(=O)CCCCCCCCCCCCCCCCCCC. The lowest BCUT2D eigenvalue weighted by Gasteiger charge is -2.18. The zero-order valence-electron chi connectivity index (χ0n) is 47.3. The second-order valence-corrected chi connectivity index (χ2v) is 21.3. The molecule has 6 heteroatoms.